The lowest BCUT2D eigenvalue weighted by Gasteiger charge is -2.24. The van der Waals surface area contributed by atoms with Crippen molar-refractivity contribution in [1.82, 2.24) is 25.2 Å². The lowest BCUT2D eigenvalue weighted by molar-refractivity contribution is -0.487. The second-order valence-corrected chi connectivity index (χ2v) is 10.9. The molecule has 1 aliphatic heterocycles. The van der Waals surface area contributed by atoms with Crippen LogP contribution in [0.5, 0.6) is 0 Å². The van der Waals surface area contributed by atoms with Crippen molar-refractivity contribution < 1.29 is 24.7 Å². The highest BCUT2D eigenvalue weighted by Crippen LogP contribution is 2.28. The standard InChI is InChI=1S/C28H35N7O4/c1-7-29-24(36)20-14-30-25(34-23(20)33-22-10-8-9-21(32-22)28(5,6)38)31-19-12-11-17-15-35(16-18(17)13-19)26(37)39-27(2,3)4/h8-14,38H,7,15-16H2,1-6H3,(H,29,36)(H2,30,31,32,33,34)/p+1. The van der Waals surface area contributed by atoms with Crippen LogP contribution in [0.1, 0.15) is 68.7 Å². The zero-order valence-electron chi connectivity index (χ0n) is 23.2. The molecule has 3 aromatic rings. The number of aromatic nitrogens is 3. The van der Waals surface area contributed by atoms with Gasteiger partial charge in [0.2, 0.25) is 17.6 Å². The molecular weight excluding hydrogens is 498 g/mol. The zero-order valence-corrected chi connectivity index (χ0v) is 23.2. The van der Waals surface area contributed by atoms with E-state index in [-0.39, 0.29) is 12.0 Å². The van der Waals surface area contributed by atoms with Gasteiger partial charge < -0.3 is 20.5 Å². The Bertz CT molecular complexity index is 1380. The molecule has 3 heterocycles. The first kappa shape index (κ1) is 27.9. The van der Waals surface area contributed by atoms with E-state index in [0.29, 0.717) is 48.5 Å². The van der Waals surface area contributed by atoms with E-state index in [1.54, 1.807) is 42.3 Å². The van der Waals surface area contributed by atoms with Crippen molar-refractivity contribution in [3.63, 3.8) is 0 Å². The van der Waals surface area contributed by atoms with Gasteiger partial charge in [-0.25, -0.2) is 15.1 Å². The molecule has 206 valence electrons. The van der Waals surface area contributed by atoms with Crippen LogP contribution in [0.4, 0.5) is 28.1 Å². The average Bonchev–Trinajstić information content (AvgIpc) is 3.27. The van der Waals surface area contributed by atoms with Crippen LogP contribution in [0.15, 0.2) is 42.6 Å². The maximum atomic E-state index is 12.7. The van der Waals surface area contributed by atoms with Crippen molar-refractivity contribution in [3.05, 3.63) is 65.0 Å². The summed E-state index contributed by atoms with van der Waals surface area (Å²) in [5.41, 5.74) is 1.93. The number of fused-ring (bicyclic) bond motifs is 1. The number of aliphatic hydroxyl groups is 1. The molecule has 39 heavy (non-hydrogen) atoms. The van der Waals surface area contributed by atoms with Gasteiger partial charge in [-0.15, -0.1) is 0 Å². The van der Waals surface area contributed by atoms with Gasteiger partial charge in [0.1, 0.15) is 16.8 Å². The first-order chi connectivity index (χ1) is 18.3. The number of carbonyl (C=O) groups is 2. The predicted octanol–water partition coefficient (Wildman–Crippen LogP) is 3.37. The number of anilines is 2. The van der Waals surface area contributed by atoms with Crippen molar-refractivity contribution >= 4 is 35.3 Å². The van der Waals surface area contributed by atoms with Crippen molar-refractivity contribution in [2.45, 2.75) is 65.8 Å². The monoisotopic (exact) mass is 534 g/mol. The van der Waals surface area contributed by atoms with Crippen LogP contribution in [0.3, 0.4) is 0 Å². The average molecular weight is 535 g/mol. The van der Waals surface area contributed by atoms with Crippen molar-refractivity contribution in [3.8, 4) is 0 Å². The van der Waals surface area contributed by atoms with Crippen LogP contribution >= 0.6 is 0 Å². The largest absolute Gasteiger partial charge is 0.444 e. The molecular formula is C28H36N7O4+. The number of hydrogen-bond acceptors (Lipinski definition) is 8. The summed E-state index contributed by atoms with van der Waals surface area (Å²) in [6.07, 6.45) is 1.13. The summed E-state index contributed by atoms with van der Waals surface area (Å²) in [5, 5.41) is 18.0. The smallest absolute Gasteiger partial charge is 0.410 e. The summed E-state index contributed by atoms with van der Waals surface area (Å²) < 4.78 is 5.51. The normalized spacial score (nSPS) is 13.2. The Morgan fingerprint density at radius 2 is 1.82 bits per heavy atom. The molecule has 0 atom stereocenters. The number of ether oxygens (including phenoxy) is 1. The highest BCUT2D eigenvalue weighted by molar-refractivity contribution is 5.97. The van der Waals surface area contributed by atoms with Gasteiger partial charge in [-0.05, 0) is 70.9 Å². The summed E-state index contributed by atoms with van der Waals surface area (Å²) >= 11 is 0. The van der Waals surface area contributed by atoms with Gasteiger partial charge in [-0.2, -0.15) is 9.97 Å². The van der Waals surface area contributed by atoms with Gasteiger partial charge in [0.25, 0.3) is 5.91 Å². The number of hydrogen-bond donors (Lipinski definition) is 4. The van der Waals surface area contributed by atoms with E-state index in [0.717, 1.165) is 16.8 Å². The van der Waals surface area contributed by atoms with Gasteiger partial charge in [0.15, 0.2) is 0 Å². The van der Waals surface area contributed by atoms with E-state index in [1.165, 1.54) is 6.20 Å². The van der Waals surface area contributed by atoms with Gasteiger partial charge in [0.05, 0.1) is 11.9 Å². The molecule has 0 radical (unpaired) electrons. The summed E-state index contributed by atoms with van der Waals surface area (Å²) in [7, 11) is 0. The molecule has 0 fully saturated rings. The summed E-state index contributed by atoms with van der Waals surface area (Å²) in [4.78, 5) is 40.4. The number of benzene rings is 1. The van der Waals surface area contributed by atoms with Gasteiger partial charge in [0, 0.05) is 31.4 Å². The van der Waals surface area contributed by atoms with Gasteiger partial charge in [-0.1, -0.05) is 12.1 Å². The molecule has 2 amide bonds. The fraction of sp³-hybridized carbons (Fsp3) is 0.393. The van der Waals surface area contributed by atoms with E-state index >= 15 is 0 Å². The Balaban J connectivity index is 1.56. The van der Waals surface area contributed by atoms with Crippen LogP contribution in [-0.2, 0) is 23.4 Å². The minimum atomic E-state index is -1.11. The molecule has 0 unspecified atom stereocenters. The Labute approximate surface area is 228 Å². The van der Waals surface area contributed by atoms with Gasteiger partial charge >= 0.3 is 6.09 Å². The van der Waals surface area contributed by atoms with E-state index in [4.69, 9.17) is 4.74 Å². The van der Waals surface area contributed by atoms with E-state index in [1.807, 2.05) is 45.9 Å². The second kappa shape index (κ2) is 11.0. The molecule has 1 aromatic carbocycles. The quantitative estimate of drug-likeness (QED) is 0.361. The van der Waals surface area contributed by atoms with E-state index in [9.17, 15) is 14.7 Å². The summed E-state index contributed by atoms with van der Waals surface area (Å²) in [6, 6.07) is 11.1. The van der Waals surface area contributed by atoms with Crippen LogP contribution in [0.2, 0.25) is 0 Å². The Morgan fingerprint density at radius 3 is 2.51 bits per heavy atom. The molecule has 11 heteroatoms. The number of nitrogens with zero attached hydrogens (tertiary/aromatic N) is 4. The fourth-order valence-corrected chi connectivity index (χ4v) is 4.07. The SMILES string of the molecule is CCNC(=O)c1cnc(Nc2ccc3c(c2)CN(C(=O)OC(C)(C)C)C3)nc1[NH2+]c1cccc(C(C)(C)O)n1. The second-order valence-electron chi connectivity index (χ2n) is 10.9. The third-order valence-corrected chi connectivity index (χ3v) is 5.92. The molecule has 0 aliphatic carbocycles. The molecule has 0 saturated heterocycles. The molecule has 11 nitrogen and oxygen atoms in total. The minimum Gasteiger partial charge on any atom is -0.444 e. The Morgan fingerprint density at radius 1 is 1.08 bits per heavy atom. The summed E-state index contributed by atoms with van der Waals surface area (Å²) in [5.74, 6) is 0.935. The minimum absolute atomic E-state index is 0.297. The Hall–Kier alpha value is -4.09. The van der Waals surface area contributed by atoms with Crippen molar-refractivity contribution in [1.29, 1.82) is 0 Å². The number of amides is 2. The van der Waals surface area contributed by atoms with Crippen molar-refractivity contribution in [2.75, 3.05) is 11.9 Å². The number of carbonyl (C=O) groups excluding carboxylic acids is 2. The molecule has 5 N–H and O–H groups in total. The number of nitrogens with two attached hydrogens (primary N) is 1. The lowest BCUT2D eigenvalue weighted by atomic mass is 10.1. The predicted molar refractivity (Wildman–Crippen MR) is 146 cm³/mol. The van der Waals surface area contributed by atoms with Crippen LogP contribution in [0.25, 0.3) is 0 Å². The molecule has 2 aromatic heterocycles. The Kier molecular flexibility index (Phi) is 7.84. The van der Waals surface area contributed by atoms with E-state index in [2.05, 4.69) is 25.6 Å². The van der Waals surface area contributed by atoms with Gasteiger partial charge in [-0.3, -0.25) is 9.69 Å². The number of nitrogens with one attached hydrogen (secondary N) is 2. The molecule has 1 aliphatic rings. The third kappa shape index (κ3) is 7.06. The molecule has 0 bridgehead atoms. The van der Waals surface area contributed by atoms with Crippen molar-refractivity contribution in [2.24, 2.45) is 0 Å². The topological polar surface area (TPSA) is 146 Å². The summed E-state index contributed by atoms with van der Waals surface area (Å²) in [6.45, 7) is 12.1. The highest BCUT2D eigenvalue weighted by Gasteiger charge is 2.28. The number of pyridine rings is 1. The maximum absolute atomic E-state index is 12.7. The van der Waals surface area contributed by atoms with Crippen LogP contribution in [-0.4, -0.2) is 49.1 Å². The molecule has 0 saturated carbocycles. The lowest BCUT2D eigenvalue weighted by Crippen LogP contribution is -2.73. The number of rotatable bonds is 7. The maximum Gasteiger partial charge on any atom is 0.410 e. The van der Waals surface area contributed by atoms with Crippen LogP contribution < -0.4 is 16.0 Å². The first-order valence-corrected chi connectivity index (χ1v) is 12.9. The van der Waals surface area contributed by atoms with E-state index < -0.39 is 11.2 Å². The highest BCUT2D eigenvalue weighted by atomic mass is 16.6. The zero-order chi connectivity index (χ0) is 28.4. The third-order valence-electron chi connectivity index (χ3n) is 5.92. The molecule has 0 spiro atoms. The number of quaternary nitrogens is 1. The fourth-order valence-electron chi connectivity index (χ4n) is 4.07. The van der Waals surface area contributed by atoms with Crippen LogP contribution in [0, 0.1) is 0 Å². The molecule has 4 rings (SSSR count). The first-order valence-electron chi connectivity index (χ1n) is 12.9.